The van der Waals surface area contributed by atoms with E-state index >= 15 is 0 Å². The Morgan fingerprint density at radius 1 is 1.39 bits per heavy atom. The number of nitrogens with zero attached hydrogens (tertiary/aromatic N) is 3. The third-order valence-electron chi connectivity index (χ3n) is 4.23. The number of guanidine groups is 1. The molecule has 0 radical (unpaired) electrons. The number of aryl methyl sites for hydroxylation is 1. The van der Waals surface area contributed by atoms with Crippen LogP contribution >= 0.6 is 35.3 Å². The minimum absolute atomic E-state index is 0. The van der Waals surface area contributed by atoms with Crippen molar-refractivity contribution >= 4 is 51.3 Å². The molecule has 1 aliphatic rings. The van der Waals surface area contributed by atoms with Gasteiger partial charge < -0.3 is 10.6 Å². The van der Waals surface area contributed by atoms with Gasteiger partial charge in [0.1, 0.15) is 0 Å². The SMILES string of the molecule is CCc1cnc(CCNC(=NC)NC2CCN(S(=O)(=O)C(F)(F)F)CC2)s1.I. The Balaban J connectivity index is 0.00000392. The molecule has 0 bridgehead atoms. The summed E-state index contributed by atoms with van der Waals surface area (Å²) in [7, 11) is -3.64. The highest BCUT2D eigenvalue weighted by Gasteiger charge is 2.50. The van der Waals surface area contributed by atoms with Crippen LogP contribution in [0.5, 0.6) is 0 Å². The summed E-state index contributed by atoms with van der Waals surface area (Å²) in [6.07, 6.45) is 4.13. The first-order chi connectivity index (χ1) is 12.7. The number of nitrogens with one attached hydrogen (secondary N) is 2. The van der Waals surface area contributed by atoms with Crippen LogP contribution in [0.2, 0.25) is 0 Å². The second kappa shape index (κ2) is 10.9. The normalized spacial score (nSPS) is 17.2. The molecule has 0 aliphatic carbocycles. The van der Waals surface area contributed by atoms with Gasteiger partial charge in [0.15, 0.2) is 5.96 Å². The average molecular weight is 555 g/mol. The van der Waals surface area contributed by atoms with Gasteiger partial charge in [0.05, 0.1) is 5.01 Å². The minimum Gasteiger partial charge on any atom is -0.356 e. The second-order valence-electron chi connectivity index (χ2n) is 6.09. The summed E-state index contributed by atoms with van der Waals surface area (Å²) in [5, 5.41) is 7.32. The Hall–Kier alpha value is -0.670. The van der Waals surface area contributed by atoms with Gasteiger partial charge in [-0.05, 0) is 19.3 Å². The first kappa shape index (κ1) is 25.4. The number of aliphatic imine (C=N–C) groups is 1. The monoisotopic (exact) mass is 555 g/mol. The van der Waals surface area contributed by atoms with Crippen molar-refractivity contribution in [3.05, 3.63) is 16.1 Å². The van der Waals surface area contributed by atoms with Gasteiger partial charge in [-0.25, -0.2) is 13.4 Å². The first-order valence-corrected chi connectivity index (χ1v) is 10.9. The van der Waals surface area contributed by atoms with E-state index in [9.17, 15) is 21.6 Å². The van der Waals surface area contributed by atoms with Crippen LogP contribution in [0.25, 0.3) is 0 Å². The molecule has 162 valence electrons. The van der Waals surface area contributed by atoms with Gasteiger partial charge in [0, 0.05) is 50.2 Å². The van der Waals surface area contributed by atoms with Crippen molar-refractivity contribution in [3.63, 3.8) is 0 Å². The molecule has 1 aromatic heterocycles. The van der Waals surface area contributed by atoms with Gasteiger partial charge in [-0.2, -0.15) is 17.5 Å². The van der Waals surface area contributed by atoms with Gasteiger partial charge in [-0.3, -0.25) is 4.99 Å². The molecule has 2 N–H and O–H groups in total. The van der Waals surface area contributed by atoms with E-state index in [4.69, 9.17) is 0 Å². The Labute approximate surface area is 184 Å². The number of halogens is 4. The van der Waals surface area contributed by atoms with E-state index in [1.165, 1.54) is 4.88 Å². The molecule has 0 unspecified atom stereocenters. The third kappa shape index (κ3) is 6.69. The van der Waals surface area contributed by atoms with Crippen LogP contribution in [-0.2, 0) is 22.9 Å². The number of hydrogen-bond donors (Lipinski definition) is 2. The fraction of sp³-hybridized carbons (Fsp3) is 0.733. The van der Waals surface area contributed by atoms with E-state index in [1.807, 2.05) is 6.20 Å². The fourth-order valence-corrected chi connectivity index (χ4v) is 4.54. The van der Waals surface area contributed by atoms with Crippen LogP contribution < -0.4 is 10.6 Å². The summed E-state index contributed by atoms with van der Waals surface area (Å²) in [5.41, 5.74) is -5.25. The van der Waals surface area contributed by atoms with Gasteiger partial charge in [0.2, 0.25) is 0 Å². The van der Waals surface area contributed by atoms with Crippen molar-refractivity contribution in [2.75, 3.05) is 26.7 Å². The fourth-order valence-electron chi connectivity index (χ4n) is 2.69. The molecule has 28 heavy (non-hydrogen) atoms. The lowest BCUT2D eigenvalue weighted by molar-refractivity contribution is -0.0494. The number of aromatic nitrogens is 1. The highest BCUT2D eigenvalue weighted by Crippen LogP contribution is 2.28. The van der Waals surface area contributed by atoms with Crippen molar-refractivity contribution in [3.8, 4) is 0 Å². The predicted molar refractivity (Wildman–Crippen MR) is 115 cm³/mol. The van der Waals surface area contributed by atoms with Crippen LogP contribution in [0.15, 0.2) is 11.2 Å². The molecule has 0 aromatic carbocycles. The molecule has 1 fully saturated rings. The summed E-state index contributed by atoms with van der Waals surface area (Å²) in [5.74, 6) is 0.541. The lowest BCUT2D eigenvalue weighted by Crippen LogP contribution is -2.51. The Kier molecular flexibility index (Phi) is 9.89. The standard InChI is InChI=1S/C15H24F3N5O2S2.HI/c1-3-12-10-21-13(26-12)4-7-20-14(19-2)22-11-5-8-23(9-6-11)27(24,25)15(16,17)18;/h10-11H,3-9H2,1-2H3,(H2,19,20,22);1H. The Bertz CT molecular complexity index is 747. The number of sulfonamides is 1. The molecule has 0 amide bonds. The van der Waals surface area contributed by atoms with Gasteiger partial charge >= 0.3 is 15.5 Å². The summed E-state index contributed by atoms with van der Waals surface area (Å²) in [6, 6.07) is -0.137. The van der Waals surface area contributed by atoms with E-state index < -0.39 is 15.5 Å². The van der Waals surface area contributed by atoms with Crippen LogP contribution in [-0.4, -0.2) is 61.9 Å². The van der Waals surface area contributed by atoms with E-state index in [1.54, 1.807) is 18.4 Å². The highest BCUT2D eigenvalue weighted by molar-refractivity contribution is 14.0. The van der Waals surface area contributed by atoms with Crippen LogP contribution in [0.1, 0.15) is 29.7 Å². The lowest BCUT2D eigenvalue weighted by atomic mass is 10.1. The van der Waals surface area contributed by atoms with Crippen LogP contribution in [0, 0.1) is 0 Å². The molecule has 1 aliphatic heterocycles. The predicted octanol–water partition coefficient (Wildman–Crippen LogP) is 2.35. The number of hydrogen-bond acceptors (Lipinski definition) is 5. The molecule has 7 nitrogen and oxygen atoms in total. The maximum absolute atomic E-state index is 12.6. The Morgan fingerprint density at radius 3 is 2.54 bits per heavy atom. The molecule has 0 atom stereocenters. The third-order valence-corrected chi connectivity index (χ3v) is 7.06. The molecule has 2 rings (SSSR count). The molecule has 13 heteroatoms. The zero-order chi connectivity index (χ0) is 20.1. The Morgan fingerprint density at radius 2 is 2.04 bits per heavy atom. The summed E-state index contributed by atoms with van der Waals surface area (Å²) in [4.78, 5) is 9.68. The van der Waals surface area contributed by atoms with Gasteiger partial charge in [0.25, 0.3) is 0 Å². The van der Waals surface area contributed by atoms with E-state index in [-0.39, 0.29) is 55.9 Å². The molecule has 1 saturated heterocycles. The molecular weight excluding hydrogens is 530 g/mol. The number of thiazole rings is 1. The average Bonchev–Trinajstić information content (AvgIpc) is 3.08. The summed E-state index contributed by atoms with van der Waals surface area (Å²) < 4.78 is 61.2. The summed E-state index contributed by atoms with van der Waals surface area (Å²) in [6.45, 7) is 2.36. The smallest absolute Gasteiger partial charge is 0.356 e. The molecule has 0 saturated carbocycles. The van der Waals surface area contributed by atoms with Crippen molar-refractivity contribution in [2.24, 2.45) is 4.99 Å². The number of piperidine rings is 1. The first-order valence-electron chi connectivity index (χ1n) is 8.64. The maximum atomic E-state index is 12.6. The molecule has 2 heterocycles. The zero-order valence-corrected chi connectivity index (χ0v) is 19.6. The van der Waals surface area contributed by atoms with Crippen molar-refractivity contribution in [1.29, 1.82) is 0 Å². The van der Waals surface area contributed by atoms with E-state index in [0.717, 1.165) is 17.8 Å². The number of alkyl halides is 3. The van der Waals surface area contributed by atoms with E-state index in [0.29, 0.717) is 16.8 Å². The number of rotatable bonds is 6. The topological polar surface area (TPSA) is 86.7 Å². The quantitative estimate of drug-likeness (QED) is 0.320. The van der Waals surface area contributed by atoms with Gasteiger partial charge in [-0.15, -0.1) is 35.3 Å². The second-order valence-corrected chi connectivity index (χ2v) is 9.22. The minimum atomic E-state index is -5.25. The van der Waals surface area contributed by atoms with Crippen LogP contribution in [0.3, 0.4) is 0 Å². The van der Waals surface area contributed by atoms with Gasteiger partial charge in [-0.1, -0.05) is 6.92 Å². The lowest BCUT2D eigenvalue weighted by Gasteiger charge is -2.32. The van der Waals surface area contributed by atoms with Crippen molar-refractivity contribution in [2.45, 2.75) is 44.2 Å². The molecular formula is C15H25F3IN5O2S2. The van der Waals surface area contributed by atoms with Crippen LogP contribution in [0.4, 0.5) is 13.2 Å². The van der Waals surface area contributed by atoms with Crippen molar-refractivity contribution in [1.82, 2.24) is 19.9 Å². The summed E-state index contributed by atoms with van der Waals surface area (Å²) >= 11 is 1.67. The molecule has 1 aromatic rings. The maximum Gasteiger partial charge on any atom is 0.511 e. The van der Waals surface area contributed by atoms with Crippen molar-refractivity contribution < 1.29 is 21.6 Å². The largest absolute Gasteiger partial charge is 0.511 e. The van der Waals surface area contributed by atoms with E-state index in [2.05, 4.69) is 27.5 Å². The highest BCUT2D eigenvalue weighted by atomic mass is 127. The molecule has 0 spiro atoms. The zero-order valence-electron chi connectivity index (χ0n) is 15.6.